The minimum absolute atomic E-state index is 0.00359. The summed E-state index contributed by atoms with van der Waals surface area (Å²) < 4.78 is 0. The van der Waals surface area contributed by atoms with E-state index in [1.54, 1.807) is 11.0 Å². The molecule has 1 aliphatic heterocycles. The van der Waals surface area contributed by atoms with E-state index in [-0.39, 0.29) is 11.8 Å². The lowest BCUT2D eigenvalue weighted by Gasteiger charge is -2.25. The Hall–Kier alpha value is -2.53. The zero-order valence-corrected chi connectivity index (χ0v) is 16.9. The average Bonchev–Trinajstić information content (AvgIpc) is 3.08. The number of carbonyl (C=O) groups is 2. The number of carbonyl (C=O) groups excluding carboxylic acids is 2. The summed E-state index contributed by atoms with van der Waals surface area (Å²) in [6.45, 7) is 1.80. The highest BCUT2D eigenvalue weighted by Gasteiger charge is 2.35. The van der Waals surface area contributed by atoms with E-state index in [4.69, 9.17) is 11.6 Å². The van der Waals surface area contributed by atoms with E-state index in [1.807, 2.05) is 43.4 Å². The molecule has 0 saturated carbocycles. The lowest BCUT2D eigenvalue weighted by Crippen LogP contribution is -2.44. The molecule has 2 amide bonds. The molecule has 0 unspecified atom stereocenters. The van der Waals surface area contributed by atoms with Gasteiger partial charge in [-0.3, -0.25) is 9.59 Å². The summed E-state index contributed by atoms with van der Waals surface area (Å²) in [6.07, 6.45) is 1.79. The Morgan fingerprint density at radius 3 is 2.64 bits per heavy atom. The van der Waals surface area contributed by atoms with E-state index in [0.29, 0.717) is 31.0 Å². The number of nitrogens with zero attached hydrogens (tertiary/aromatic N) is 2. The SMILES string of the molecule is CN(CCCNC(=O)[C@@H]1CCC(=O)N1Cc1ccccc1Cl)c1ccccc1. The zero-order valence-electron chi connectivity index (χ0n) is 16.1. The molecule has 148 valence electrons. The van der Waals surface area contributed by atoms with Gasteiger partial charge in [-0.1, -0.05) is 48.0 Å². The van der Waals surface area contributed by atoms with Gasteiger partial charge in [-0.15, -0.1) is 0 Å². The van der Waals surface area contributed by atoms with E-state index in [1.165, 1.54) is 0 Å². The number of nitrogens with one attached hydrogen (secondary N) is 1. The minimum Gasteiger partial charge on any atom is -0.375 e. The molecule has 5 nitrogen and oxygen atoms in total. The van der Waals surface area contributed by atoms with Crippen LogP contribution in [-0.4, -0.2) is 42.9 Å². The van der Waals surface area contributed by atoms with Crippen molar-refractivity contribution in [2.45, 2.75) is 31.8 Å². The van der Waals surface area contributed by atoms with Crippen molar-refractivity contribution in [1.29, 1.82) is 0 Å². The maximum atomic E-state index is 12.6. The molecule has 6 heteroatoms. The van der Waals surface area contributed by atoms with Crippen LogP contribution >= 0.6 is 11.6 Å². The van der Waals surface area contributed by atoms with Gasteiger partial charge in [0.05, 0.1) is 0 Å². The summed E-state index contributed by atoms with van der Waals surface area (Å²) in [5.41, 5.74) is 2.02. The number of halogens is 1. The molecular formula is C22H26ClN3O2. The van der Waals surface area contributed by atoms with Gasteiger partial charge in [0.25, 0.3) is 0 Å². The van der Waals surface area contributed by atoms with Gasteiger partial charge in [-0.05, 0) is 36.6 Å². The molecule has 1 aliphatic rings. The maximum absolute atomic E-state index is 12.6. The molecule has 2 aromatic carbocycles. The van der Waals surface area contributed by atoms with Gasteiger partial charge < -0.3 is 15.1 Å². The Kier molecular flexibility index (Phi) is 6.93. The molecule has 1 atom stereocenters. The van der Waals surface area contributed by atoms with Crippen molar-refractivity contribution in [1.82, 2.24) is 10.2 Å². The van der Waals surface area contributed by atoms with Crippen LogP contribution in [-0.2, 0) is 16.1 Å². The quantitative estimate of drug-likeness (QED) is 0.691. The molecule has 0 spiro atoms. The molecule has 0 bridgehead atoms. The van der Waals surface area contributed by atoms with Crippen molar-refractivity contribution < 1.29 is 9.59 Å². The maximum Gasteiger partial charge on any atom is 0.242 e. The molecule has 1 N–H and O–H groups in total. The third-order valence-corrected chi connectivity index (χ3v) is 5.46. The predicted octanol–water partition coefficient (Wildman–Crippen LogP) is 3.47. The largest absolute Gasteiger partial charge is 0.375 e. The van der Waals surface area contributed by atoms with Gasteiger partial charge in [-0.25, -0.2) is 0 Å². The standard InChI is InChI=1S/C22H26ClN3O2/c1-25(18-9-3-2-4-10-18)15-7-14-24-22(28)20-12-13-21(27)26(20)16-17-8-5-6-11-19(17)23/h2-6,8-11,20H,7,12-16H2,1H3,(H,24,28)/t20-/m0/s1. The first-order valence-electron chi connectivity index (χ1n) is 9.63. The summed E-state index contributed by atoms with van der Waals surface area (Å²) >= 11 is 6.22. The first kappa shape index (κ1) is 20.2. The second-order valence-corrected chi connectivity index (χ2v) is 7.48. The highest BCUT2D eigenvalue weighted by Crippen LogP contribution is 2.24. The zero-order chi connectivity index (χ0) is 19.9. The van der Waals surface area contributed by atoms with E-state index in [9.17, 15) is 9.59 Å². The first-order valence-corrected chi connectivity index (χ1v) is 10.0. The molecule has 2 aromatic rings. The molecule has 0 aromatic heterocycles. The summed E-state index contributed by atoms with van der Waals surface area (Å²) in [6, 6.07) is 17.2. The monoisotopic (exact) mass is 399 g/mol. The fraction of sp³-hybridized carbons (Fsp3) is 0.364. The van der Waals surface area contributed by atoms with Crippen LogP contribution in [0.1, 0.15) is 24.8 Å². The van der Waals surface area contributed by atoms with Gasteiger partial charge >= 0.3 is 0 Å². The normalized spacial score (nSPS) is 16.3. The number of benzene rings is 2. The smallest absolute Gasteiger partial charge is 0.242 e. The van der Waals surface area contributed by atoms with Crippen LogP contribution in [0.3, 0.4) is 0 Å². The van der Waals surface area contributed by atoms with Gasteiger partial charge in [0, 0.05) is 43.8 Å². The third-order valence-electron chi connectivity index (χ3n) is 5.10. The molecule has 1 fully saturated rings. The summed E-state index contributed by atoms with van der Waals surface area (Å²) in [5, 5.41) is 3.61. The number of likely N-dealkylation sites (tertiary alicyclic amines) is 1. The lowest BCUT2D eigenvalue weighted by molar-refractivity contribution is -0.135. The van der Waals surface area contributed by atoms with E-state index >= 15 is 0 Å². The van der Waals surface area contributed by atoms with Crippen LogP contribution in [0, 0.1) is 0 Å². The minimum atomic E-state index is -0.421. The Labute approximate surface area is 171 Å². The molecule has 1 heterocycles. The Morgan fingerprint density at radius 2 is 1.89 bits per heavy atom. The van der Waals surface area contributed by atoms with Crippen LogP contribution in [0.2, 0.25) is 5.02 Å². The number of hydrogen-bond donors (Lipinski definition) is 1. The fourth-order valence-electron chi connectivity index (χ4n) is 3.47. The molecule has 3 rings (SSSR count). The van der Waals surface area contributed by atoms with Crippen LogP contribution in [0.5, 0.6) is 0 Å². The van der Waals surface area contributed by atoms with Crippen LogP contribution < -0.4 is 10.2 Å². The number of anilines is 1. The first-order chi connectivity index (χ1) is 13.6. The van der Waals surface area contributed by atoms with Crippen molar-refractivity contribution in [2.24, 2.45) is 0 Å². The van der Waals surface area contributed by atoms with Gasteiger partial charge in [-0.2, -0.15) is 0 Å². The second kappa shape index (κ2) is 9.60. The van der Waals surface area contributed by atoms with Crippen molar-refractivity contribution in [3.8, 4) is 0 Å². The van der Waals surface area contributed by atoms with E-state index in [0.717, 1.165) is 24.2 Å². The summed E-state index contributed by atoms with van der Waals surface area (Å²) in [7, 11) is 2.04. The van der Waals surface area contributed by atoms with Crippen molar-refractivity contribution >= 4 is 29.1 Å². The number of hydrogen-bond acceptors (Lipinski definition) is 3. The molecular weight excluding hydrogens is 374 g/mol. The second-order valence-electron chi connectivity index (χ2n) is 7.07. The highest BCUT2D eigenvalue weighted by molar-refractivity contribution is 6.31. The highest BCUT2D eigenvalue weighted by atomic mass is 35.5. The van der Waals surface area contributed by atoms with E-state index in [2.05, 4.69) is 22.3 Å². The van der Waals surface area contributed by atoms with Crippen molar-refractivity contribution in [3.05, 3.63) is 65.2 Å². The van der Waals surface area contributed by atoms with Crippen LogP contribution in [0.15, 0.2) is 54.6 Å². The summed E-state index contributed by atoms with van der Waals surface area (Å²) in [5.74, 6) is -0.0795. The van der Waals surface area contributed by atoms with Gasteiger partial charge in [0.1, 0.15) is 6.04 Å². The molecule has 0 aliphatic carbocycles. The lowest BCUT2D eigenvalue weighted by atomic mass is 10.1. The van der Waals surface area contributed by atoms with Gasteiger partial charge in [0.2, 0.25) is 11.8 Å². The molecule has 0 radical (unpaired) electrons. The molecule has 1 saturated heterocycles. The van der Waals surface area contributed by atoms with Crippen LogP contribution in [0.4, 0.5) is 5.69 Å². The summed E-state index contributed by atoms with van der Waals surface area (Å²) in [4.78, 5) is 28.7. The topological polar surface area (TPSA) is 52.7 Å². The van der Waals surface area contributed by atoms with Crippen molar-refractivity contribution in [2.75, 3.05) is 25.0 Å². The number of amides is 2. The predicted molar refractivity (Wildman–Crippen MR) is 112 cm³/mol. The Bertz CT molecular complexity index is 812. The van der Waals surface area contributed by atoms with Crippen molar-refractivity contribution in [3.63, 3.8) is 0 Å². The third kappa shape index (κ3) is 5.04. The number of para-hydroxylation sites is 1. The van der Waals surface area contributed by atoms with Gasteiger partial charge in [0.15, 0.2) is 0 Å². The number of rotatable bonds is 8. The Morgan fingerprint density at radius 1 is 1.18 bits per heavy atom. The average molecular weight is 400 g/mol. The molecule has 28 heavy (non-hydrogen) atoms. The van der Waals surface area contributed by atoms with Crippen LogP contribution in [0.25, 0.3) is 0 Å². The fourth-order valence-corrected chi connectivity index (χ4v) is 3.67. The van der Waals surface area contributed by atoms with E-state index < -0.39 is 6.04 Å². The Balaban J connectivity index is 1.49.